The summed E-state index contributed by atoms with van der Waals surface area (Å²) < 4.78 is 16.0. The third-order valence-corrected chi connectivity index (χ3v) is 4.67. The minimum atomic E-state index is -0.496. The summed E-state index contributed by atoms with van der Waals surface area (Å²) in [5.74, 6) is -0.326. The second-order valence-corrected chi connectivity index (χ2v) is 7.12. The van der Waals surface area contributed by atoms with Gasteiger partial charge >= 0.3 is 11.9 Å². The molecule has 0 saturated carbocycles. The highest BCUT2D eigenvalue weighted by molar-refractivity contribution is 6.29. The number of furan rings is 1. The number of allylic oxidation sites excluding steroid dienone is 1. The van der Waals surface area contributed by atoms with Gasteiger partial charge in [0.05, 0.1) is 11.5 Å². The molecule has 1 aliphatic rings. The zero-order chi connectivity index (χ0) is 19.4. The van der Waals surface area contributed by atoms with E-state index in [-0.39, 0.29) is 35.2 Å². The lowest BCUT2D eigenvalue weighted by Crippen LogP contribution is -2.22. The Labute approximate surface area is 162 Å². The third-order valence-electron chi connectivity index (χ3n) is 4.48. The zero-order valence-corrected chi connectivity index (χ0v) is 16.0. The first-order valence-corrected chi connectivity index (χ1v) is 9.22. The van der Waals surface area contributed by atoms with Crippen LogP contribution in [0.1, 0.15) is 41.4 Å². The highest BCUT2D eigenvalue weighted by Gasteiger charge is 2.24. The second kappa shape index (κ2) is 8.44. The molecular weight excluding hydrogens is 368 g/mol. The number of carbonyl (C=O) groups excluding carboxylic acids is 2. The summed E-state index contributed by atoms with van der Waals surface area (Å²) in [5.41, 5.74) is 1.47. The first kappa shape index (κ1) is 19.2. The summed E-state index contributed by atoms with van der Waals surface area (Å²) in [7, 11) is 0. The predicted molar refractivity (Wildman–Crippen MR) is 101 cm³/mol. The molecule has 2 unspecified atom stereocenters. The van der Waals surface area contributed by atoms with Crippen LogP contribution in [0.25, 0.3) is 0 Å². The fourth-order valence-electron chi connectivity index (χ4n) is 2.81. The van der Waals surface area contributed by atoms with E-state index in [4.69, 9.17) is 25.5 Å². The third kappa shape index (κ3) is 5.01. The van der Waals surface area contributed by atoms with Gasteiger partial charge in [0.1, 0.15) is 0 Å². The van der Waals surface area contributed by atoms with Gasteiger partial charge in [-0.05, 0) is 49.4 Å². The Bertz CT molecular complexity index is 850. The van der Waals surface area contributed by atoms with Crippen LogP contribution in [0.4, 0.5) is 0 Å². The van der Waals surface area contributed by atoms with Gasteiger partial charge in [-0.2, -0.15) is 0 Å². The molecule has 0 amide bonds. The van der Waals surface area contributed by atoms with Gasteiger partial charge in [-0.15, -0.1) is 0 Å². The lowest BCUT2D eigenvalue weighted by Gasteiger charge is -2.18. The van der Waals surface area contributed by atoms with E-state index in [0.29, 0.717) is 11.5 Å². The topological polar surface area (TPSA) is 65.7 Å². The van der Waals surface area contributed by atoms with Crippen molar-refractivity contribution in [3.05, 3.63) is 64.6 Å². The first-order valence-electron chi connectivity index (χ1n) is 8.84. The SMILES string of the molecule is Cc1ccc(C(=O)OCc2oc(Cl)cc2OC(=O)C2C=CC(C)CC2)cc1. The lowest BCUT2D eigenvalue weighted by atomic mass is 9.90. The van der Waals surface area contributed by atoms with Crippen LogP contribution in [0.2, 0.25) is 5.22 Å². The normalized spacial score (nSPS) is 18.9. The van der Waals surface area contributed by atoms with Crippen molar-refractivity contribution >= 4 is 23.5 Å². The molecule has 2 aromatic rings. The molecule has 0 fully saturated rings. The number of hydrogen-bond donors (Lipinski definition) is 0. The minimum absolute atomic E-state index is 0.0620. The molecule has 0 saturated heterocycles. The van der Waals surface area contributed by atoms with Crippen LogP contribution < -0.4 is 4.74 Å². The monoisotopic (exact) mass is 388 g/mol. The van der Waals surface area contributed by atoms with Crippen LogP contribution in [0, 0.1) is 18.8 Å². The average Bonchev–Trinajstić information content (AvgIpc) is 3.00. The van der Waals surface area contributed by atoms with E-state index in [0.717, 1.165) is 18.4 Å². The molecule has 6 heteroatoms. The molecule has 1 heterocycles. The van der Waals surface area contributed by atoms with E-state index in [1.54, 1.807) is 12.1 Å². The Morgan fingerprint density at radius 2 is 1.93 bits per heavy atom. The van der Waals surface area contributed by atoms with Crippen molar-refractivity contribution in [2.75, 3.05) is 0 Å². The van der Waals surface area contributed by atoms with Crippen LogP contribution in [0.15, 0.2) is 46.9 Å². The quantitative estimate of drug-likeness (QED) is 0.526. The maximum atomic E-state index is 12.4. The van der Waals surface area contributed by atoms with E-state index < -0.39 is 5.97 Å². The van der Waals surface area contributed by atoms with Crippen molar-refractivity contribution in [1.29, 1.82) is 0 Å². The number of hydrogen-bond acceptors (Lipinski definition) is 5. The number of halogens is 1. The summed E-state index contributed by atoms with van der Waals surface area (Å²) >= 11 is 5.89. The average molecular weight is 389 g/mol. The molecule has 0 radical (unpaired) electrons. The molecule has 0 N–H and O–H groups in total. The number of esters is 2. The van der Waals surface area contributed by atoms with Crippen molar-refractivity contribution in [2.45, 2.75) is 33.3 Å². The summed E-state index contributed by atoms with van der Waals surface area (Å²) in [6, 6.07) is 8.43. The Morgan fingerprint density at radius 3 is 2.59 bits per heavy atom. The smallest absolute Gasteiger partial charge is 0.338 e. The van der Waals surface area contributed by atoms with E-state index in [1.165, 1.54) is 6.07 Å². The molecule has 1 aromatic carbocycles. The molecular formula is C21H21ClO5. The van der Waals surface area contributed by atoms with E-state index in [1.807, 2.05) is 31.2 Å². The summed E-state index contributed by atoms with van der Waals surface area (Å²) in [6.07, 6.45) is 5.56. The molecule has 2 atom stereocenters. The van der Waals surface area contributed by atoms with Gasteiger partial charge in [0, 0.05) is 6.07 Å². The highest BCUT2D eigenvalue weighted by atomic mass is 35.5. The predicted octanol–water partition coefficient (Wildman–Crippen LogP) is 5.11. The number of carbonyl (C=O) groups is 2. The van der Waals surface area contributed by atoms with Gasteiger partial charge in [0.25, 0.3) is 0 Å². The van der Waals surface area contributed by atoms with E-state index in [9.17, 15) is 9.59 Å². The molecule has 0 aliphatic heterocycles. The van der Waals surface area contributed by atoms with Crippen LogP contribution >= 0.6 is 11.6 Å². The molecule has 0 bridgehead atoms. The van der Waals surface area contributed by atoms with Crippen molar-refractivity contribution in [3.63, 3.8) is 0 Å². The Kier molecular flexibility index (Phi) is 6.01. The fourth-order valence-corrected chi connectivity index (χ4v) is 3.00. The Hall–Kier alpha value is -2.53. The maximum Gasteiger partial charge on any atom is 0.338 e. The van der Waals surface area contributed by atoms with Gasteiger partial charge in [0.15, 0.2) is 23.3 Å². The van der Waals surface area contributed by atoms with Crippen LogP contribution in [0.5, 0.6) is 5.75 Å². The van der Waals surface area contributed by atoms with Gasteiger partial charge in [-0.3, -0.25) is 4.79 Å². The molecule has 5 nitrogen and oxygen atoms in total. The second-order valence-electron chi connectivity index (χ2n) is 6.75. The molecule has 142 valence electrons. The fraction of sp³-hybridized carbons (Fsp3) is 0.333. The molecule has 3 rings (SSSR count). The van der Waals surface area contributed by atoms with Gasteiger partial charge in [-0.1, -0.05) is 36.8 Å². The number of rotatable bonds is 5. The van der Waals surface area contributed by atoms with Crippen LogP contribution in [0.3, 0.4) is 0 Å². The minimum Gasteiger partial charge on any atom is -0.454 e. The molecule has 27 heavy (non-hydrogen) atoms. The first-order chi connectivity index (χ1) is 12.9. The molecule has 1 aliphatic carbocycles. The molecule has 1 aromatic heterocycles. The highest BCUT2D eigenvalue weighted by Crippen LogP contribution is 2.30. The van der Waals surface area contributed by atoms with Crippen molar-refractivity contribution in [3.8, 4) is 5.75 Å². The number of aryl methyl sites for hydroxylation is 1. The maximum absolute atomic E-state index is 12.4. The van der Waals surface area contributed by atoms with Crippen molar-refractivity contribution < 1.29 is 23.5 Å². The zero-order valence-electron chi connectivity index (χ0n) is 15.2. The Morgan fingerprint density at radius 1 is 1.19 bits per heavy atom. The molecule has 0 spiro atoms. The Balaban J connectivity index is 1.63. The number of ether oxygens (including phenoxy) is 2. The van der Waals surface area contributed by atoms with Gasteiger partial charge in [0.2, 0.25) is 0 Å². The summed E-state index contributed by atoms with van der Waals surface area (Å²) in [4.78, 5) is 24.5. The van der Waals surface area contributed by atoms with E-state index >= 15 is 0 Å². The van der Waals surface area contributed by atoms with Gasteiger partial charge in [-0.25, -0.2) is 4.79 Å². The van der Waals surface area contributed by atoms with Crippen molar-refractivity contribution in [1.82, 2.24) is 0 Å². The summed E-state index contributed by atoms with van der Waals surface area (Å²) in [5, 5.41) is 0.0620. The summed E-state index contributed by atoms with van der Waals surface area (Å²) in [6.45, 7) is 3.86. The van der Waals surface area contributed by atoms with Gasteiger partial charge < -0.3 is 13.9 Å². The van der Waals surface area contributed by atoms with E-state index in [2.05, 4.69) is 6.92 Å². The van der Waals surface area contributed by atoms with Crippen LogP contribution in [-0.4, -0.2) is 11.9 Å². The van der Waals surface area contributed by atoms with Crippen molar-refractivity contribution in [2.24, 2.45) is 11.8 Å². The number of benzene rings is 1. The van der Waals surface area contributed by atoms with Crippen LogP contribution in [-0.2, 0) is 16.1 Å². The standard InChI is InChI=1S/C21H21ClO5/c1-13-3-7-15(8-4-13)20(23)25-12-18-17(11-19(22)26-18)27-21(24)16-9-5-14(2)6-10-16/h3-5,7-9,11,14,16H,6,10,12H2,1-2H3. The lowest BCUT2D eigenvalue weighted by molar-refractivity contribution is -0.137. The largest absolute Gasteiger partial charge is 0.454 e.